The molecule has 5 N–H and O–H groups in total. The van der Waals surface area contributed by atoms with Crippen molar-refractivity contribution >= 4 is 22.7 Å². The first kappa shape index (κ1) is 19.5. The molecule has 0 saturated heterocycles. The topological polar surface area (TPSA) is 134 Å². The summed E-state index contributed by atoms with van der Waals surface area (Å²) in [6.45, 7) is 0.461. The van der Waals surface area contributed by atoms with Gasteiger partial charge in [0.15, 0.2) is 5.76 Å². The Morgan fingerprint density at radius 2 is 2.03 bits per heavy atom. The lowest BCUT2D eigenvalue weighted by atomic mass is 9.83. The number of carbonyl (C=O) groups is 1. The summed E-state index contributed by atoms with van der Waals surface area (Å²) in [7, 11) is -0.0316. The zero-order chi connectivity index (χ0) is 20.5. The molecule has 1 atom stereocenters. The van der Waals surface area contributed by atoms with Crippen LogP contribution in [0.5, 0.6) is 5.88 Å². The van der Waals surface area contributed by atoms with Gasteiger partial charge in [0.05, 0.1) is 13.3 Å². The number of amides is 2. The van der Waals surface area contributed by atoms with E-state index in [1.165, 1.54) is 41.1 Å². The van der Waals surface area contributed by atoms with E-state index in [2.05, 4.69) is 16.5 Å². The highest BCUT2D eigenvalue weighted by molar-refractivity contribution is 7.82. The molecule has 2 aliphatic carbocycles. The van der Waals surface area contributed by atoms with Gasteiger partial charge in [0, 0.05) is 5.69 Å². The summed E-state index contributed by atoms with van der Waals surface area (Å²) in [4.78, 5) is 11.4. The van der Waals surface area contributed by atoms with Crippen molar-refractivity contribution in [2.75, 3.05) is 12.4 Å². The lowest BCUT2D eigenvalue weighted by molar-refractivity contribution is 0.224. The standard InChI is InChI=1S/C12H14N2O.C7H9N3O3S/c13-12(15)14-11-9-3-1-2-7(9)6-8-4-5-10(8)11;1-12-5-3-10-7(13-4-5)6(2-9-10)14(8)11/h6H,1-5H2,(H3,13,14,15);2,4H,3,8H2,1H3. The first-order chi connectivity index (χ1) is 14.0. The Hall–Kier alpha value is -2.85. The molecule has 1 aromatic carbocycles. The van der Waals surface area contributed by atoms with Crippen molar-refractivity contribution in [2.24, 2.45) is 10.9 Å². The van der Waals surface area contributed by atoms with Crippen LogP contribution in [0.3, 0.4) is 0 Å². The summed E-state index contributed by atoms with van der Waals surface area (Å²) in [5.41, 5.74) is 11.7. The fourth-order valence-corrected chi connectivity index (χ4v) is 4.34. The number of nitrogens with two attached hydrogens (primary N) is 2. The minimum atomic E-state index is -1.58. The highest BCUT2D eigenvalue weighted by Crippen LogP contribution is 2.39. The normalized spacial score (nSPS) is 16.6. The highest BCUT2D eigenvalue weighted by atomic mass is 32.2. The van der Waals surface area contributed by atoms with Gasteiger partial charge in [0.2, 0.25) is 5.88 Å². The molecule has 2 aromatic rings. The molecule has 5 rings (SSSR count). The smallest absolute Gasteiger partial charge is 0.316 e. The maximum atomic E-state index is 11.0. The number of aromatic nitrogens is 2. The van der Waals surface area contributed by atoms with Gasteiger partial charge in [-0.3, -0.25) is 0 Å². The van der Waals surface area contributed by atoms with Crippen LogP contribution in [0.1, 0.15) is 28.7 Å². The largest absolute Gasteiger partial charge is 0.496 e. The molecule has 0 saturated carbocycles. The number of nitrogens with one attached hydrogen (secondary N) is 1. The third-order valence-corrected chi connectivity index (χ3v) is 6.05. The van der Waals surface area contributed by atoms with E-state index in [1.54, 1.807) is 11.8 Å². The Labute approximate surface area is 170 Å². The number of carbonyl (C=O) groups excluding carboxylic acids is 1. The zero-order valence-electron chi connectivity index (χ0n) is 16.1. The van der Waals surface area contributed by atoms with Gasteiger partial charge in [0.1, 0.15) is 28.7 Å². The van der Waals surface area contributed by atoms with E-state index in [-0.39, 0.29) is 0 Å². The number of hydrogen-bond acceptors (Lipinski definition) is 5. The molecular formula is C19H23N5O4S. The van der Waals surface area contributed by atoms with Gasteiger partial charge < -0.3 is 20.5 Å². The quantitative estimate of drug-likeness (QED) is 0.696. The molecule has 9 nitrogen and oxygen atoms in total. The van der Waals surface area contributed by atoms with Crippen molar-refractivity contribution in [1.82, 2.24) is 9.78 Å². The molecule has 1 unspecified atom stereocenters. The number of methoxy groups -OCH3 is 1. The number of anilines is 1. The molecule has 1 aromatic heterocycles. The van der Waals surface area contributed by atoms with Crippen molar-refractivity contribution < 1.29 is 18.5 Å². The number of rotatable bonds is 3. The number of allylic oxidation sites excluding steroid dienone is 1. The van der Waals surface area contributed by atoms with E-state index in [0.717, 1.165) is 31.4 Å². The molecular weight excluding hydrogens is 394 g/mol. The highest BCUT2D eigenvalue weighted by Gasteiger charge is 2.26. The number of primary amides is 1. The van der Waals surface area contributed by atoms with Crippen LogP contribution in [0.15, 0.2) is 29.2 Å². The van der Waals surface area contributed by atoms with E-state index < -0.39 is 17.0 Å². The Morgan fingerprint density at radius 3 is 2.69 bits per heavy atom. The van der Waals surface area contributed by atoms with E-state index in [4.69, 9.17) is 20.3 Å². The second kappa shape index (κ2) is 7.88. The van der Waals surface area contributed by atoms with Crippen LogP contribution < -0.4 is 20.9 Å². The van der Waals surface area contributed by atoms with Crippen LogP contribution in [0.2, 0.25) is 0 Å². The van der Waals surface area contributed by atoms with Crippen LogP contribution in [-0.2, 0) is 48.0 Å². The van der Waals surface area contributed by atoms with Crippen LogP contribution in [0.25, 0.3) is 0 Å². The van der Waals surface area contributed by atoms with Gasteiger partial charge in [-0.05, 0) is 54.4 Å². The SMILES string of the molecule is COC1=COc2c(S(N)=O)cnn2C1.NC(=O)Nc1c2c(cc3c1CC3)CCC2. The van der Waals surface area contributed by atoms with Crippen LogP contribution in [-0.4, -0.2) is 27.1 Å². The van der Waals surface area contributed by atoms with Crippen molar-refractivity contribution in [1.29, 1.82) is 0 Å². The van der Waals surface area contributed by atoms with Gasteiger partial charge in [-0.25, -0.2) is 18.8 Å². The molecule has 10 heteroatoms. The number of hydrogen-bond donors (Lipinski definition) is 3. The monoisotopic (exact) mass is 417 g/mol. The average Bonchev–Trinajstić information content (AvgIpc) is 3.30. The van der Waals surface area contributed by atoms with Gasteiger partial charge in [-0.1, -0.05) is 6.07 Å². The molecule has 2 amide bonds. The minimum absolute atomic E-state index is 0.386. The first-order valence-electron chi connectivity index (χ1n) is 9.32. The average molecular weight is 417 g/mol. The number of ether oxygens (including phenoxy) is 2. The summed E-state index contributed by atoms with van der Waals surface area (Å²) in [5.74, 6) is 1.06. The van der Waals surface area contributed by atoms with E-state index in [9.17, 15) is 9.00 Å². The number of benzene rings is 1. The third-order valence-electron chi connectivity index (χ3n) is 5.34. The molecule has 29 heavy (non-hydrogen) atoms. The Kier molecular flexibility index (Phi) is 5.29. The maximum absolute atomic E-state index is 11.0. The fraction of sp³-hybridized carbons (Fsp3) is 0.368. The number of urea groups is 1. The predicted octanol–water partition coefficient (Wildman–Crippen LogP) is 1.51. The van der Waals surface area contributed by atoms with Crippen LogP contribution >= 0.6 is 0 Å². The maximum Gasteiger partial charge on any atom is 0.316 e. The molecule has 1 aliphatic heterocycles. The zero-order valence-corrected chi connectivity index (χ0v) is 16.9. The molecule has 2 heterocycles. The van der Waals surface area contributed by atoms with Crippen molar-refractivity contribution in [3.8, 4) is 5.88 Å². The summed E-state index contributed by atoms with van der Waals surface area (Å²) in [5, 5.41) is 12.0. The van der Waals surface area contributed by atoms with Gasteiger partial charge in [-0.15, -0.1) is 0 Å². The Bertz CT molecular complexity index is 1030. The number of aryl methyl sites for hydroxylation is 2. The van der Waals surface area contributed by atoms with Gasteiger partial charge >= 0.3 is 6.03 Å². The molecule has 0 fully saturated rings. The van der Waals surface area contributed by atoms with Crippen LogP contribution in [0.4, 0.5) is 10.5 Å². The van der Waals surface area contributed by atoms with Gasteiger partial charge in [-0.2, -0.15) is 5.10 Å². The summed E-state index contributed by atoms with van der Waals surface area (Å²) in [6.07, 6.45) is 8.54. The Morgan fingerprint density at radius 1 is 1.28 bits per heavy atom. The second-order valence-corrected chi connectivity index (χ2v) is 8.08. The lowest BCUT2D eigenvalue weighted by Crippen LogP contribution is -2.24. The lowest BCUT2D eigenvalue weighted by Gasteiger charge is -2.25. The summed E-state index contributed by atoms with van der Waals surface area (Å²) >= 11 is 0. The molecule has 3 aliphatic rings. The predicted molar refractivity (Wildman–Crippen MR) is 108 cm³/mol. The first-order valence-corrected chi connectivity index (χ1v) is 10.5. The van der Waals surface area contributed by atoms with E-state index in [0.29, 0.717) is 23.1 Å². The third kappa shape index (κ3) is 3.73. The summed E-state index contributed by atoms with van der Waals surface area (Å²) < 4.78 is 22.8. The molecule has 0 radical (unpaired) electrons. The van der Waals surface area contributed by atoms with E-state index >= 15 is 0 Å². The van der Waals surface area contributed by atoms with Crippen molar-refractivity contribution in [3.05, 3.63) is 46.5 Å². The minimum Gasteiger partial charge on any atom is -0.496 e. The molecule has 0 spiro atoms. The van der Waals surface area contributed by atoms with Crippen LogP contribution in [0, 0.1) is 0 Å². The van der Waals surface area contributed by atoms with Crippen molar-refractivity contribution in [3.63, 3.8) is 0 Å². The van der Waals surface area contributed by atoms with Crippen molar-refractivity contribution in [2.45, 2.75) is 43.5 Å². The number of fused-ring (bicyclic) bond motifs is 3. The van der Waals surface area contributed by atoms with Gasteiger partial charge in [0.25, 0.3) is 0 Å². The number of nitrogens with zero attached hydrogens (tertiary/aromatic N) is 2. The Balaban J connectivity index is 0.000000142. The fourth-order valence-electron chi connectivity index (χ4n) is 3.86. The molecule has 154 valence electrons. The second-order valence-electron chi connectivity index (χ2n) is 7.04. The van der Waals surface area contributed by atoms with E-state index in [1.807, 2.05) is 0 Å². The molecule has 0 bridgehead atoms. The summed E-state index contributed by atoms with van der Waals surface area (Å²) in [6, 6.07) is 1.87.